The van der Waals surface area contributed by atoms with Crippen molar-refractivity contribution < 1.29 is 4.52 Å². The summed E-state index contributed by atoms with van der Waals surface area (Å²) in [5, 5.41) is 19.4. The van der Waals surface area contributed by atoms with E-state index in [-0.39, 0.29) is 12.4 Å². The van der Waals surface area contributed by atoms with Gasteiger partial charge in [-0.15, -0.1) is 17.5 Å². The molecule has 0 spiro atoms. The summed E-state index contributed by atoms with van der Waals surface area (Å²) >= 11 is 6.16. The average molecular weight is 417 g/mol. The summed E-state index contributed by atoms with van der Waals surface area (Å²) in [6.07, 6.45) is 2.48. The van der Waals surface area contributed by atoms with E-state index in [1.165, 1.54) is 11.9 Å². The van der Waals surface area contributed by atoms with Crippen LogP contribution in [-0.4, -0.2) is 31.9 Å². The van der Waals surface area contributed by atoms with Crippen molar-refractivity contribution in [3.8, 4) is 17.0 Å². The molecule has 2 aromatic carbocycles. The predicted octanol–water partition coefficient (Wildman–Crippen LogP) is 3.72. The molecule has 2 aromatic heterocycles. The van der Waals surface area contributed by atoms with E-state index in [4.69, 9.17) is 16.1 Å². The number of rotatable bonds is 7. The van der Waals surface area contributed by atoms with E-state index >= 15 is 0 Å². The summed E-state index contributed by atoms with van der Waals surface area (Å²) in [5.41, 5.74) is 3.67. The zero-order chi connectivity index (χ0) is 18.5. The van der Waals surface area contributed by atoms with Crippen molar-refractivity contribution >= 4 is 24.0 Å². The van der Waals surface area contributed by atoms with Gasteiger partial charge in [-0.1, -0.05) is 47.1 Å². The maximum Gasteiger partial charge on any atom is 0.169 e. The summed E-state index contributed by atoms with van der Waals surface area (Å²) in [5.74, 6) is 0.614. The van der Waals surface area contributed by atoms with Crippen molar-refractivity contribution in [2.24, 2.45) is 0 Å². The van der Waals surface area contributed by atoms with Gasteiger partial charge in [0, 0.05) is 23.2 Å². The first-order valence-corrected chi connectivity index (χ1v) is 8.91. The van der Waals surface area contributed by atoms with Gasteiger partial charge in [-0.05, 0) is 47.2 Å². The number of hydrogen-bond donors (Lipinski definition) is 1. The number of hydrogen-bond acceptors (Lipinski definition) is 6. The largest absolute Gasteiger partial charge is 0.356 e. The van der Waals surface area contributed by atoms with Gasteiger partial charge >= 0.3 is 0 Å². The van der Waals surface area contributed by atoms with Crippen LogP contribution in [0.15, 0.2) is 65.4 Å². The molecular formula is C19H18Cl2N6O. The standard InChI is InChI=1S/C19H17ClN6O.ClH/c20-15-6-7-18(26-13-22-24-25-26)17(10-15)19-11-16(23-27-19)12-21-9-8-14-4-2-1-3-5-14;/h1-7,10-11,13,21H,8-9,12H2;1H. The highest BCUT2D eigenvalue weighted by molar-refractivity contribution is 6.31. The van der Waals surface area contributed by atoms with Crippen LogP contribution < -0.4 is 5.32 Å². The molecule has 4 aromatic rings. The Labute approximate surface area is 173 Å². The van der Waals surface area contributed by atoms with Crippen molar-refractivity contribution in [3.05, 3.63) is 77.2 Å². The summed E-state index contributed by atoms with van der Waals surface area (Å²) in [4.78, 5) is 0. The van der Waals surface area contributed by atoms with Crippen LogP contribution in [0.3, 0.4) is 0 Å². The first kappa shape index (κ1) is 20.0. The molecule has 0 bridgehead atoms. The second-order valence-corrected chi connectivity index (χ2v) is 6.45. The Morgan fingerprint density at radius 3 is 2.71 bits per heavy atom. The molecule has 0 unspecified atom stereocenters. The second kappa shape index (κ2) is 9.45. The molecule has 0 radical (unpaired) electrons. The zero-order valence-corrected chi connectivity index (χ0v) is 16.4. The molecule has 9 heteroatoms. The van der Waals surface area contributed by atoms with Gasteiger partial charge < -0.3 is 9.84 Å². The first-order valence-electron chi connectivity index (χ1n) is 8.53. The fourth-order valence-corrected chi connectivity index (χ4v) is 2.97. The molecule has 144 valence electrons. The Morgan fingerprint density at radius 2 is 1.93 bits per heavy atom. The number of nitrogens with zero attached hydrogens (tertiary/aromatic N) is 5. The third-order valence-electron chi connectivity index (χ3n) is 4.12. The highest BCUT2D eigenvalue weighted by Gasteiger charge is 2.14. The highest BCUT2D eigenvalue weighted by atomic mass is 35.5. The van der Waals surface area contributed by atoms with E-state index in [2.05, 4.69) is 38.1 Å². The monoisotopic (exact) mass is 416 g/mol. The minimum absolute atomic E-state index is 0. The lowest BCUT2D eigenvalue weighted by atomic mass is 10.1. The smallest absolute Gasteiger partial charge is 0.169 e. The Hall–Kier alpha value is -2.74. The Balaban J connectivity index is 0.00000225. The number of halogens is 2. The van der Waals surface area contributed by atoms with Crippen molar-refractivity contribution in [1.82, 2.24) is 30.7 Å². The Kier molecular flexibility index (Phi) is 6.76. The third-order valence-corrected chi connectivity index (χ3v) is 4.35. The topological polar surface area (TPSA) is 81.7 Å². The van der Waals surface area contributed by atoms with Gasteiger partial charge in [0.15, 0.2) is 5.76 Å². The van der Waals surface area contributed by atoms with Crippen LogP contribution in [0.2, 0.25) is 5.02 Å². The fourth-order valence-electron chi connectivity index (χ4n) is 2.79. The maximum atomic E-state index is 6.16. The molecular weight excluding hydrogens is 399 g/mol. The van der Waals surface area contributed by atoms with Crippen LogP contribution >= 0.6 is 24.0 Å². The van der Waals surface area contributed by atoms with Crippen molar-refractivity contribution in [1.29, 1.82) is 0 Å². The van der Waals surface area contributed by atoms with Gasteiger partial charge in [0.1, 0.15) is 6.33 Å². The SMILES string of the molecule is Cl.Clc1ccc(-n2cnnn2)c(-c2cc(CNCCc3ccccc3)no2)c1. The number of tetrazole rings is 1. The highest BCUT2D eigenvalue weighted by Crippen LogP contribution is 2.29. The van der Waals surface area contributed by atoms with Gasteiger partial charge in [-0.25, -0.2) is 0 Å². The van der Waals surface area contributed by atoms with E-state index in [9.17, 15) is 0 Å². The van der Waals surface area contributed by atoms with E-state index in [0.29, 0.717) is 17.3 Å². The van der Waals surface area contributed by atoms with Gasteiger partial charge in [-0.3, -0.25) is 0 Å². The van der Waals surface area contributed by atoms with E-state index < -0.39 is 0 Å². The maximum absolute atomic E-state index is 6.16. The molecule has 4 rings (SSSR count). The summed E-state index contributed by atoms with van der Waals surface area (Å²) < 4.78 is 7.09. The van der Waals surface area contributed by atoms with Crippen molar-refractivity contribution in [3.63, 3.8) is 0 Å². The molecule has 0 amide bonds. The third kappa shape index (κ3) is 4.75. The number of benzene rings is 2. The Bertz CT molecular complexity index is 1000. The van der Waals surface area contributed by atoms with Crippen LogP contribution in [0.1, 0.15) is 11.3 Å². The number of aromatic nitrogens is 5. The summed E-state index contributed by atoms with van der Waals surface area (Å²) in [6.45, 7) is 1.48. The molecule has 28 heavy (non-hydrogen) atoms. The summed E-state index contributed by atoms with van der Waals surface area (Å²) in [7, 11) is 0. The van der Waals surface area contributed by atoms with Crippen LogP contribution in [0.4, 0.5) is 0 Å². The van der Waals surface area contributed by atoms with Gasteiger partial charge in [0.2, 0.25) is 0 Å². The number of nitrogens with one attached hydrogen (secondary N) is 1. The van der Waals surface area contributed by atoms with Crippen LogP contribution in [0, 0.1) is 0 Å². The molecule has 0 aliphatic carbocycles. The molecule has 0 aliphatic rings. The lowest BCUT2D eigenvalue weighted by Gasteiger charge is -2.05. The van der Waals surface area contributed by atoms with E-state index in [1.807, 2.05) is 36.4 Å². The summed E-state index contributed by atoms with van der Waals surface area (Å²) in [6, 6.07) is 17.7. The quantitative estimate of drug-likeness (QED) is 0.462. The molecule has 7 nitrogen and oxygen atoms in total. The predicted molar refractivity (Wildman–Crippen MR) is 109 cm³/mol. The Morgan fingerprint density at radius 1 is 1.07 bits per heavy atom. The second-order valence-electron chi connectivity index (χ2n) is 6.01. The zero-order valence-electron chi connectivity index (χ0n) is 14.8. The van der Waals surface area contributed by atoms with Crippen molar-refractivity contribution in [2.75, 3.05) is 6.54 Å². The van der Waals surface area contributed by atoms with E-state index in [1.54, 1.807) is 10.7 Å². The first-order chi connectivity index (χ1) is 13.3. The molecule has 2 heterocycles. The minimum atomic E-state index is 0. The van der Waals surface area contributed by atoms with Gasteiger partial charge in [0.25, 0.3) is 0 Å². The van der Waals surface area contributed by atoms with Crippen LogP contribution in [-0.2, 0) is 13.0 Å². The normalized spacial score (nSPS) is 10.6. The van der Waals surface area contributed by atoms with Crippen LogP contribution in [0.25, 0.3) is 17.0 Å². The van der Waals surface area contributed by atoms with Gasteiger partial charge in [0.05, 0.1) is 11.4 Å². The molecule has 0 atom stereocenters. The average Bonchev–Trinajstić information content (AvgIpc) is 3.38. The van der Waals surface area contributed by atoms with E-state index in [0.717, 1.165) is 29.9 Å². The lowest BCUT2D eigenvalue weighted by Crippen LogP contribution is -2.16. The van der Waals surface area contributed by atoms with Crippen molar-refractivity contribution in [2.45, 2.75) is 13.0 Å². The molecule has 1 N–H and O–H groups in total. The minimum Gasteiger partial charge on any atom is -0.356 e. The van der Waals surface area contributed by atoms with Gasteiger partial charge in [-0.2, -0.15) is 4.68 Å². The van der Waals surface area contributed by atoms with Crippen LogP contribution in [0.5, 0.6) is 0 Å². The molecule has 0 fully saturated rings. The lowest BCUT2D eigenvalue weighted by molar-refractivity contribution is 0.420. The molecule has 0 aliphatic heterocycles. The molecule has 0 saturated heterocycles. The fraction of sp³-hybridized carbons (Fsp3) is 0.158. The molecule has 0 saturated carbocycles.